The zero-order valence-electron chi connectivity index (χ0n) is 10.4. The number of aliphatic hydroxyl groups excluding tert-OH is 1. The Bertz CT molecular complexity index is 414. The van der Waals surface area contributed by atoms with Crippen LogP contribution in [-0.4, -0.2) is 23.2 Å². The molecule has 1 aromatic rings. The van der Waals surface area contributed by atoms with Crippen molar-refractivity contribution in [2.45, 2.75) is 32.7 Å². The van der Waals surface area contributed by atoms with Gasteiger partial charge < -0.3 is 10.4 Å². The van der Waals surface area contributed by atoms with Crippen molar-refractivity contribution in [1.29, 1.82) is 0 Å². The molecule has 4 heteroatoms. The SMILES string of the molecule is CCC(C)(CO)NC(=O)c1ccc(Br)c(C)c1. The molecule has 1 rings (SSSR count). The zero-order chi connectivity index (χ0) is 13.1. The third kappa shape index (κ3) is 3.54. The molecule has 0 saturated heterocycles. The van der Waals surface area contributed by atoms with Crippen molar-refractivity contribution in [3.8, 4) is 0 Å². The van der Waals surface area contributed by atoms with Gasteiger partial charge in [-0.15, -0.1) is 0 Å². The van der Waals surface area contributed by atoms with Crippen molar-refractivity contribution in [2.75, 3.05) is 6.61 Å². The smallest absolute Gasteiger partial charge is 0.251 e. The molecule has 3 nitrogen and oxygen atoms in total. The Morgan fingerprint density at radius 2 is 2.18 bits per heavy atom. The van der Waals surface area contributed by atoms with Gasteiger partial charge in [0.2, 0.25) is 0 Å². The molecule has 0 aliphatic rings. The second-order valence-electron chi connectivity index (χ2n) is 4.49. The molecule has 0 radical (unpaired) electrons. The van der Waals surface area contributed by atoms with Gasteiger partial charge in [-0.25, -0.2) is 0 Å². The number of carbonyl (C=O) groups excluding carboxylic acids is 1. The highest BCUT2D eigenvalue weighted by Gasteiger charge is 2.23. The van der Waals surface area contributed by atoms with Crippen LogP contribution in [0.15, 0.2) is 22.7 Å². The van der Waals surface area contributed by atoms with Crippen LogP contribution >= 0.6 is 15.9 Å². The highest BCUT2D eigenvalue weighted by atomic mass is 79.9. The topological polar surface area (TPSA) is 49.3 Å². The number of halogens is 1. The van der Waals surface area contributed by atoms with Gasteiger partial charge in [0.15, 0.2) is 0 Å². The molecule has 1 atom stereocenters. The molecule has 1 amide bonds. The minimum Gasteiger partial charge on any atom is -0.394 e. The lowest BCUT2D eigenvalue weighted by Gasteiger charge is -2.27. The van der Waals surface area contributed by atoms with E-state index in [2.05, 4.69) is 21.2 Å². The lowest BCUT2D eigenvalue weighted by atomic mass is 9.99. The molecule has 0 aliphatic carbocycles. The van der Waals surface area contributed by atoms with Crippen LogP contribution in [0.5, 0.6) is 0 Å². The van der Waals surface area contributed by atoms with Crippen LogP contribution in [-0.2, 0) is 0 Å². The van der Waals surface area contributed by atoms with E-state index in [1.165, 1.54) is 0 Å². The standard InChI is InChI=1S/C13H18BrNO2/c1-4-13(3,8-16)15-12(17)10-5-6-11(14)9(2)7-10/h5-7,16H,4,8H2,1-3H3,(H,15,17). The van der Waals surface area contributed by atoms with E-state index in [9.17, 15) is 9.90 Å². The van der Waals surface area contributed by atoms with E-state index in [1.807, 2.05) is 32.9 Å². The molecule has 2 N–H and O–H groups in total. The molecular weight excluding hydrogens is 282 g/mol. The van der Waals surface area contributed by atoms with Crippen LogP contribution in [0.4, 0.5) is 0 Å². The maximum absolute atomic E-state index is 12.0. The van der Waals surface area contributed by atoms with Gasteiger partial charge >= 0.3 is 0 Å². The lowest BCUT2D eigenvalue weighted by molar-refractivity contribution is 0.0847. The van der Waals surface area contributed by atoms with Gasteiger partial charge in [-0.2, -0.15) is 0 Å². The first-order valence-electron chi connectivity index (χ1n) is 5.61. The molecule has 0 saturated carbocycles. The van der Waals surface area contributed by atoms with Crippen molar-refractivity contribution in [1.82, 2.24) is 5.32 Å². The summed E-state index contributed by atoms with van der Waals surface area (Å²) in [7, 11) is 0. The first kappa shape index (κ1) is 14.2. The van der Waals surface area contributed by atoms with Crippen molar-refractivity contribution in [2.24, 2.45) is 0 Å². The molecule has 0 aromatic heterocycles. The van der Waals surface area contributed by atoms with Crippen LogP contribution in [0.2, 0.25) is 0 Å². The number of amides is 1. The summed E-state index contributed by atoms with van der Waals surface area (Å²) in [4.78, 5) is 12.0. The average molecular weight is 300 g/mol. The second kappa shape index (κ2) is 5.65. The second-order valence-corrected chi connectivity index (χ2v) is 5.34. The summed E-state index contributed by atoms with van der Waals surface area (Å²) < 4.78 is 0.981. The summed E-state index contributed by atoms with van der Waals surface area (Å²) in [5, 5.41) is 12.1. The number of aryl methyl sites for hydroxylation is 1. The summed E-state index contributed by atoms with van der Waals surface area (Å²) in [6, 6.07) is 5.44. The van der Waals surface area contributed by atoms with Crippen LogP contribution in [0.25, 0.3) is 0 Å². The Balaban J connectivity index is 2.86. The van der Waals surface area contributed by atoms with Gasteiger partial charge in [0, 0.05) is 10.0 Å². The molecule has 0 spiro atoms. The fourth-order valence-electron chi connectivity index (χ4n) is 1.37. The Kier molecular flexibility index (Phi) is 4.71. The van der Waals surface area contributed by atoms with Crippen LogP contribution in [0.3, 0.4) is 0 Å². The van der Waals surface area contributed by atoms with E-state index < -0.39 is 5.54 Å². The number of hydrogen-bond donors (Lipinski definition) is 2. The third-order valence-corrected chi connectivity index (χ3v) is 3.85. The summed E-state index contributed by atoms with van der Waals surface area (Å²) in [5.41, 5.74) is 1.07. The molecule has 0 aliphatic heterocycles. The molecule has 1 unspecified atom stereocenters. The minimum absolute atomic E-state index is 0.0647. The van der Waals surface area contributed by atoms with Crippen molar-refractivity contribution in [3.05, 3.63) is 33.8 Å². The quantitative estimate of drug-likeness (QED) is 0.898. The van der Waals surface area contributed by atoms with E-state index in [1.54, 1.807) is 6.07 Å². The van der Waals surface area contributed by atoms with E-state index in [-0.39, 0.29) is 12.5 Å². The fourth-order valence-corrected chi connectivity index (χ4v) is 1.62. The first-order valence-corrected chi connectivity index (χ1v) is 6.40. The summed E-state index contributed by atoms with van der Waals surface area (Å²) in [5.74, 6) is -0.154. The molecular formula is C13H18BrNO2. The summed E-state index contributed by atoms with van der Waals surface area (Å²) in [6.07, 6.45) is 0.685. The fraction of sp³-hybridized carbons (Fsp3) is 0.462. The predicted molar refractivity (Wildman–Crippen MR) is 72.1 cm³/mol. The maximum atomic E-state index is 12.0. The average Bonchev–Trinajstić information content (AvgIpc) is 2.32. The number of benzene rings is 1. The molecule has 0 heterocycles. The Labute approximate surface area is 110 Å². The van der Waals surface area contributed by atoms with Crippen molar-refractivity contribution >= 4 is 21.8 Å². The van der Waals surface area contributed by atoms with Crippen LogP contribution < -0.4 is 5.32 Å². The van der Waals surface area contributed by atoms with E-state index in [0.29, 0.717) is 12.0 Å². The normalized spacial score (nSPS) is 14.2. The maximum Gasteiger partial charge on any atom is 0.251 e. The van der Waals surface area contributed by atoms with E-state index >= 15 is 0 Å². The minimum atomic E-state index is -0.557. The van der Waals surface area contributed by atoms with Gasteiger partial charge in [-0.05, 0) is 44.0 Å². The van der Waals surface area contributed by atoms with Gasteiger partial charge in [-0.1, -0.05) is 22.9 Å². The molecule has 94 valence electrons. The Morgan fingerprint density at radius 1 is 1.53 bits per heavy atom. The largest absolute Gasteiger partial charge is 0.394 e. The zero-order valence-corrected chi connectivity index (χ0v) is 12.0. The number of aliphatic hydroxyl groups is 1. The highest BCUT2D eigenvalue weighted by Crippen LogP contribution is 2.18. The third-order valence-electron chi connectivity index (χ3n) is 2.96. The van der Waals surface area contributed by atoms with Gasteiger partial charge in [0.05, 0.1) is 12.1 Å². The Morgan fingerprint density at radius 3 is 2.65 bits per heavy atom. The molecule has 0 bridgehead atoms. The first-order chi connectivity index (χ1) is 7.91. The van der Waals surface area contributed by atoms with Crippen LogP contribution in [0.1, 0.15) is 36.2 Å². The van der Waals surface area contributed by atoms with Gasteiger partial charge in [0.1, 0.15) is 0 Å². The van der Waals surface area contributed by atoms with Crippen molar-refractivity contribution < 1.29 is 9.90 Å². The molecule has 1 aromatic carbocycles. The number of nitrogens with one attached hydrogen (secondary N) is 1. The lowest BCUT2D eigenvalue weighted by Crippen LogP contribution is -2.48. The summed E-state index contributed by atoms with van der Waals surface area (Å²) in [6.45, 7) is 5.64. The molecule has 0 fully saturated rings. The van der Waals surface area contributed by atoms with Crippen LogP contribution in [0, 0.1) is 6.92 Å². The number of carbonyl (C=O) groups is 1. The van der Waals surface area contributed by atoms with E-state index in [4.69, 9.17) is 0 Å². The van der Waals surface area contributed by atoms with Gasteiger partial charge in [0.25, 0.3) is 5.91 Å². The summed E-state index contributed by atoms with van der Waals surface area (Å²) >= 11 is 3.40. The highest BCUT2D eigenvalue weighted by molar-refractivity contribution is 9.10. The molecule has 17 heavy (non-hydrogen) atoms. The van der Waals surface area contributed by atoms with Crippen molar-refractivity contribution in [3.63, 3.8) is 0 Å². The predicted octanol–water partition coefficient (Wildman–Crippen LogP) is 2.65. The van der Waals surface area contributed by atoms with E-state index in [0.717, 1.165) is 10.0 Å². The Hall–Kier alpha value is -0.870. The number of hydrogen-bond acceptors (Lipinski definition) is 2. The van der Waals surface area contributed by atoms with Gasteiger partial charge in [-0.3, -0.25) is 4.79 Å². The number of rotatable bonds is 4. The monoisotopic (exact) mass is 299 g/mol.